The Hall–Kier alpha value is -2.23. The van der Waals surface area contributed by atoms with E-state index in [1.54, 1.807) is 18.2 Å². The molecule has 1 aromatic carbocycles. The fourth-order valence-corrected chi connectivity index (χ4v) is 1.36. The zero-order chi connectivity index (χ0) is 11.5. The summed E-state index contributed by atoms with van der Waals surface area (Å²) >= 11 is 0. The zero-order valence-electron chi connectivity index (χ0n) is 8.22. The van der Waals surface area contributed by atoms with E-state index >= 15 is 0 Å². The highest BCUT2D eigenvalue weighted by molar-refractivity contribution is 5.85. The predicted molar refractivity (Wildman–Crippen MR) is 56.6 cm³/mol. The van der Waals surface area contributed by atoms with E-state index in [0.29, 0.717) is 11.1 Å². The lowest BCUT2D eigenvalue weighted by Crippen LogP contribution is -1.99. The monoisotopic (exact) mass is 217 g/mol. The van der Waals surface area contributed by atoms with Crippen LogP contribution >= 0.6 is 0 Å². The first kappa shape index (κ1) is 10.3. The molecule has 3 nitrogen and oxygen atoms in total. The molecule has 0 spiro atoms. The smallest absolute Gasteiger partial charge is 0.354 e. The Kier molecular flexibility index (Phi) is 2.64. The van der Waals surface area contributed by atoms with E-state index in [0.717, 1.165) is 0 Å². The lowest BCUT2D eigenvalue weighted by molar-refractivity contribution is 0.0690. The van der Waals surface area contributed by atoms with Crippen LogP contribution in [0, 0.1) is 5.82 Å². The fraction of sp³-hybridized carbons (Fsp3) is 0. The number of hydrogen-bond donors (Lipinski definition) is 1. The molecule has 0 unspecified atom stereocenters. The second-order valence-electron chi connectivity index (χ2n) is 3.25. The van der Waals surface area contributed by atoms with Crippen molar-refractivity contribution in [3.63, 3.8) is 0 Å². The first-order valence-corrected chi connectivity index (χ1v) is 4.62. The van der Waals surface area contributed by atoms with E-state index in [4.69, 9.17) is 5.11 Å². The molecule has 4 heteroatoms. The minimum absolute atomic E-state index is 0.0276. The molecule has 2 rings (SSSR count). The van der Waals surface area contributed by atoms with Crippen LogP contribution in [0.15, 0.2) is 42.6 Å². The average Bonchev–Trinajstić information content (AvgIpc) is 2.29. The maximum atomic E-state index is 12.9. The number of nitrogens with zero attached hydrogens (tertiary/aromatic N) is 1. The number of rotatable bonds is 2. The number of carboxylic acid groups (broad SMARTS) is 1. The minimum atomic E-state index is -1.08. The van der Waals surface area contributed by atoms with Crippen molar-refractivity contribution in [2.75, 3.05) is 0 Å². The Morgan fingerprint density at radius 2 is 2.00 bits per heavy atom. The minimum Gasteiger partial charge on any atom is -0.477 e. The lowest BCUT2D eigenvalue weighted by atomic mass is 10.1. The Bertz CT molecular complexity index is 523. The van der Waals surface area contributed by atoms with Crippen molar-refractivity contribution in [1.29, 1.82) is 0 Å². The van der Waals surface area contributed by atoms with Crippen LogP contribution in [0.2, 0.25) is 0 Å². The largest absolute Gasteiger partial charge is 0.477 e. The maximum Gasteiger partial charge on any atom is 0.354 e. The molecular weight excluding hydrogens is 209 g/mol. The molecular formula is C12H8FNO2. The Morgan fingerprint density at radius 3 is 2.56 bits per heavy atom. The predicted octanol–water partition coefficient (Wildman–Crippen LogP) is 2.59. The Balaban J connectivity index is 2.38. The summed E-state index contributed by atoms with van der Waals surface area (Å²) in [7, 11) is 0. The van der Waals surface area contributed by atoms with Gasteiger partial charge in [0.1, 0.15) is 11.5 Å². The van der Waals surface area contributed by atoms with Crippen molar-refractivity contribution in [1.82, 2.24) is 4.98 Å². The standard InChI is InChI=1S/C12H8FNO2/c13-10-3-1-2-8(6-10)9-4-5-11(12(15)16)14-7-9/h1-7H,(H,15,16). The van der Waals surface area contributed by atoms with Crippen LogP contribution in [0.4, 0.5) is 4.39 Å². The van der Waals surface area contributed by atoms with Gasteiger partial charge in [-0.3, -0.25) is 0 Å². The molecule has 0 aliphatic heterocycles. The zero-order valence-corrected chi connectivity index (χ0v) is 8.22. The molecule has 0 atom stereocenters. The van der Waals surface area contributed by atoms with Crippen molar-refractivity contribution in [2.24, 2.45) is 0 Å². The van der Waals surface area contributed by atoms with E-state index in [2.05, 4.69) is 4.98 Å². The SMILES string of the molecule is O=C(O)c1ccc(-c2cccc(F)c2)cn1. The lowest BCUT2D eigenvalue weighted by Gasteiger charge is -2.01. The van der Waals surface area contributed by atoms with E-state index in [1.807, 2.05) is 0 Å². The van der Waals surface area contributed by atoms with Gasteiger partial charge in [-0.25, -0.2) is 14.2 Å². The van der Waals surface area contributed by atoms with Crippen LogP contribution in [0.25, 0.3) is 11.1 Å². The van der Waals surface area contributed by atoms with Gasteiger partial charge >= 0.3 is 5.97 Å². The number of aromatic nitrogens is 1. The average molecular weight is 217 g/mol. The number of benzene rings is 1. The topological polar surface area (TPSA) is 50.2 Å². The summed E-state index contributed by atoms with van der Waals surface area (Å²) < 4.78 is 12.9. The summed E-state index contributed by atoms with van der Waals surface area (Å²) in [6.07, 6.45) is 1.41. The van der Waals surface area contributed by atoms with Crippen molar-refractivity contribution in [2.45, 2.75) is 0 Å². The highest BCUT2D eigenvalue weighted by atomic mass is 19.1. The van der Waals surface area contributed by atoms with E-state index in [9.17, 15) is 9.18 Å². The van der Waals surface area contributed by atoms with Crippen LogP contribution in [0.5, 0.6) is 0 Å². The molecule has 80 valence electrons. The summed E-state index contributed by atoms with van der Waals surface area (Å²) in [5.74, 6) is -1.41. The van der Waals surface area contributed by atoms with Gasteiger partial charge in [-0.05, 0) is 23.8 Å². The number of carboxylic acids is 1. The quantitative estimate of drug-likeness (QED) is 0.841. The molecule has 0 fully saturated rings. The van der Waals surface area contributed by atoms with Gasteiger partial charge in [-0.1, -0.05) is 18.2 Å². The van der Waals surface area contributed by atoms with Gasteiger partial charge in [0.15, 0.2) is 0 Å². The van der Waals surface area contributed by atoms with Crippen molar-refractivity contribution in [3.05, 3.63) is 54.1 Å². The molecule has 0 radical (unpaired) electrons. The van der Waals surface area contributed by atoms with Gasteiger partial charge in [0, 0.05) is 11.8 Å². The second-order valence-corrected chi connectivity index (χ2v) is 3.25. The third kappa shape index (κ3) is 2.06. The number of carbonyl (C=O) groups is 1. The summed E-state index contributed by atoms with van der Waals surface area (Å²) in [6, 6.07) is 9.05. The molecule has 1 aromatic heterocycles. The van der Waals surface area contributed by atoms with Crippen molar-refractivity contribution in [3.8, 4) is 11.1 Å². The van der Waals surface area contributed by atoms with Gasteiger partial charge in [0.05, 0.1) is 0 Å². The Labute approximate surface area is 91.2 Å². The molecule has 0 aliphatic carbocycles. The molecule has 0 aliphatic rings. The number of pyridine rings is 1. The second kappa shape index (κ2) is 4.10. The van der Waals surface area contributed by atoms with Crippen LogP contribution in [0.1, 0.15) is 10.5 Å². The van der Waals surface area contributed by atoms with Gasteiger partial charge in [-0.15, -0.1) is 0 Å². The first-order valence-electron chi connectivity index (χ1n) is 4.62. The third-order valence-electron chi connectivity index (χ3n) is 2.14. The van der Waals surface area contributed by atoms with E-state index in [-0.39, 0.29) is 11.5 Å². The fourth-order valence-electron chi connectivity index (χ4n) is 1.36. The molecule has 0 saturated heterocycles. The highest BCUT2D eigenvalue weighted by Gasteiger charge is 2.04. The Morgan fingerprint density at radius 1 is 1.19 bits per heavy atom. The summed E-state index contributed by atoms with van der Waals surface area (Å²) in [5.41, 5.74) is 1.33. The van der Waals surface area contributed by atoms with Gasteiger partial charge in [-0.2, -0.15) is 0 Å². The number of aromatic carboxylic acids is 1. The van der Waals surface area contributed by atoms with E-state index < -0.39 is 5.97 Å². The highest BCUT2D eigenvalue weighted by Crippen LogP contribution is 2.19. The molecule has 0 bridgehead atoms. The molecule has 16 heavy (non-hydrogen) atoms. The molecule has 0 amide bonds. The first-order chi connectivity index (χ1) is 7.66. The summed E-state index contributed by atoms with van der Waals surface area (Å²) in [6.45, 7) is 0. The van der Waals surface area contributed by atoms with Crippen molar-refractivity contribution >= 4 is 5.97 Å². The van der Waals surface area contributed by atoms with E-state index in [1.165, 1.54) is 24.4 Å². The molecule has 0 saturated carbocycles. The van der Waals surface area contributed by atoms with Crippen LogP contribution in [0.3, 0.4) is 0 Å². The number of hydrogen-bond acceptors (Lipinski definition) is 2. The van der Waals surface area contributed by atoms with Crippen molar-refractivity contribution < 1.29 is 14.3 Å². The van der Waals surface area contributed by atoms with Gasteiger partial charge in [0.2, 0.25) is 0 Å². The summed E-state index contributed by atoms with van der Waals surface area (Å²) in [5, 5.41) is 8.67. The van der Waals surface area contributed by atoms with Gasteiger partial charge < -0.3 is 5.11 Å². The van der Waals surface area contributed by atoms with Crippen LogP contribution in [-0.4, -0.2) is 16.1 Å². The molecule has 1 heterocycles. The maximum absolute atomic E-state index is 12.9. The van der Waals surface area contributed by atoms with Gasteiger partial charge in [0.25, 0.3) is 0 Å². The van der Waals surface area contributed by atoms with Crippen LogP contribution in [-0.2, 0) is 0 Å². The molecule has 2 aromatic rings. The summed E-state index contributed by atoms with van der Waals surface area (Å²) in [4.78, 5) is 14.3. The normalized spacial score (nSPS) is 10.1. The molecule has 1 N–H and O–H groups in total. The number of halogens is 1. The third-order valence-corrected chi connectivity index (χ3v) is 2.14. The van der Waals surface area contributed by atoms with Crippen LogP contribution < -0.4 is 0 Å².